The zero-order valence-electron chi connectivity index (χ0n) is 13.1. The molecule has 0 radical (unpaired) electrons. The number of carbonyl (C=O) groups is 1. The summed E-state index contributed by atoms with van der Waals surface area (Å²) < 4.78 is 0.948. The minimum atomic E-state index is -0.0779. The van der Waals surface area contributed by atoms with Crippen LogP contribution in [0.2, 0.25) is 0 Å². The zero-order chi connectivity index (χ0) is 16.2. The fourth-order valence-corrected chi connectivity index (χ4v) is 2.66. The van der Waals surface area contributed by atoms with E-state index in [2.05, 4.69) is 52.0 Å². The van der Waals surface area contributed by atoms with Crippen LogP contribution in [-0.2, 0) is 23.2 Å². The second-order valence-electron chi connectivity index (χ2n) is 6.19. The summed E-state index contributed by atoms with van der Waals surface area (Å²) in [5, 5.41) is 2.95. The highest BCUT2D eigenvalue weighted by molar-refractivity contribution is 9.10. The van der Waals surface area contributed by atoms with Gasteiger partial charge < -0.3 is 5.32 Å². The number of carbonyl (C=O) groups excluding carboxylic acids is 1. The molecule has 1 N–H and O–H groups in total. The molecule has 2 aromatic rings. The lowest BCUT2D eigenvalue weighted by Crippen LogP contribution is -2.27. The molecule has 0 aliphatic rings. The SMILES string of the molecule is CC(C)(C)c1ncncc1CNC(=O)Cc1ccccc1Br. The van der Waals surface area contributed by atoms with E-state index in [1.807, 2.05) is 24.3 Å². The van der Waals surface area contributed by atoms with Crippen molar-refractivity contribution in [3.8, 4) is 0 Å². The number of hydrogen-bond donors (Lipinski definition) is 1. The molecule has 0 saturated heterocycles. The Bertz CT molecular complexity index is 665. The maximum absolute atomic E-state index is 12.1. The molecule has 1 heterocycles. The number of nitrogens with zero attached hydrogens (tertiary/aromatic N) is 2. The zero-order valence-corrected chi connectivity index (χ0v) is 14.6. The third-order valence-corrected chi connectivity index (χ3v) is 4.06. The van der Waals surface area contributed by atoms with E-state index in [9.17, 15) is 4.79 Å². The van der Waals surface area contributed by atoms with Gasteiger partial charge in [0.05, 0.1) is 12.1 Å². The van der Waals surface area contributed by atoms with Crippen LogP contribution in [0.5, 0.6) is 0 Å². The van der Waals surface area contributed by atoms with E-state index < -0.39 is 0 Å². The van der Waals surface area contributed by atoms with Crippen LogP contribution in [0.25, 0.3) is 0 Å². The predicted molar refractivity (Wildman–Crippen MR) is 90.4 cm³/mol. The van der Waals surface area contributed by atoms with E-state index in [-0.39, 0.29) is 11.3 Å². The highest BCUT2D eigenvalue weighted by atomic mass is 79.9. The molecule has 22 heavy (non-hydrogen) atoms. The van der Waals surface area contributed by atoms with E-state index in [0.717, 1.165) is 21.3 Å². The number of nitrogens with one attached hydrogen (secondary N) is 1. The second kappa shape index (κ2) is 7.01. The molecule has 0 aliphatic heterocycles. The molecule has 0 fully saturated rings. The first-order valence-electron chi connectivity index (χ1n) is 7.17. The largest absolute Gasteiger partial charge is 0.352 e. The van der Waals surface area contributed by atoms with Crippen molar-refractivity contribution in [1.82, 2.24) is 15.3 Å². The Hall–Kier alpha value is -1.75. The molecule has 4 nitrogen and oxygen atoms in total. The summed E-state index contributed by atoms with van der Waals surface area (Å²) in [5.74, 6) is -0.0180. The molecule has 1 aromatic heterocycles. The molecule has 5 heteroatoms. The van der Waals surface area contributed by atoms with E-state index in [1.165, 1.54) is 0 Å². The van der Waals surface area contributed by atoms with Gasteiger partial charge in [0.15, 0.2) is 0 Å². The van der Waals surface area contributed by atoms with Gasteiger partial charge in [-0.2, -0.15) is 0 Å². The van der Waals surface area contributed by atoms with Crippen LogP contribution >= 0.6 is 15.9 Å². The first-order valence-corrected chi connectivity index (χ1v) is 7.96. The van der Waals surface area contributed by atoms with Gasteiger partial charge in [0.1, 0.15) is 6.33 Å². The van der Waals surface area contributed by atoms with Gasteiger partial charge in [-0.05, 0) is 11.6 Å². The topological polar surface area (TPSA) is 54.9 Å². The average molecular weight is 362 g/mol. The van der Waals surface area contributed by atoms with Gasteiger partial charge in [-0.3, -0.25) is 4.79 Å². The van der Waals surface area contributed by atoms with Crippen LogP contribution in [0.1, 0.15) is 37.6 Å². The lowest BCUT2D eigenvalue weighted by Gasteiger charge is -2.21. The molecule has 2 rings (SSSR count). The van der Waals surface area contributed by atoms with Gasteiger partial charge in [-0.15, -0.1) is 0 Å². The minimum Gasteiger partial charge on any atom is -0.352 e. The first-order chi connectivity index (χ1) is 10.4. The number of benzene rings is 1. The fourth-order valence-electron chi connectivity index (χ4n) is 2.23. The monoisotopic (exact) mass is 361 g/mol. The summed E-state index contributed by atoms with van der Waals surface area (Å²) >= 11 is 3.46. The third-order valence-electron chi connectivity index (χ3n) is 3.28. The molecule has 0 aliphatic carbocycles. The molecule has 0 saturated carbocycles. The summed E-state index contributed by atoms with van der Waals surface area (Å²) in [5.41, 5.74) is 2.81. The lowest BCUT2D eigenvalue weighted by atomic mass is 9.89. The summed E-state index contributed by atoms with van der Waals surface area (Å²) in [4.78, 5) is 20.5. The Morgan fingerprint density at radius 1 is 1.23 bits per heavy atom. The highest BCUT2D eigenvalue weighted by Crippen LogP contribution is 2.22. The summed E-state index contributed by atoms with van der Waals surface area (Å²) in [7, 11) is 0. The van der Waals surface area contributed by atoms with E-state index in [4.69, 9.17) is 0 Å². The standard InChI is InChI=1S/C17H20BrN3O/c1-17(2,3)16-13(9-19-11-21-16)10-20-15(22)8-12-6-4-5-7-14(12)18/h4-7,9,11H,8,10H2,1-3H3,(H,20,22). The van der Waals surface area contributed by atoms with Crippen LogP contribution in [-0.4, -0.2) is 15.9 Å². The fraction of sp³-hybridized carbons (Fsp3) is 0.353. The average Bonchev–Trinajstić information content (AvgIpc) is 2.47. The normalized spacial score (nSPS) is 11.3. The van der Waals surface area contributed by atoms with Crippen molar-refractivity contribution in [3.05, 3.63) is 58.1 Å². The van der Waals surface area contributed by atoms with Crippen molar-refractivity contribution in [2.75, 3.05) is 0 Å². The van der Waals surface area contributed by atoms with Crippen molar-refractivity contribution in [2.24, 2.45) is 0 Å². The maximum Gasteiger partial charge on any atom is 0.224 e. The highest BCUT2D eigenvalue weighted by Gasteiger charge is 2.19. The third kappa shape index (κ3) is 4.37. The summed E-state index contributed by atoms with van der Waals surface area (Å²) in [6, 6.07) is 7.74. The van der Waals surface area contributed by atoms with Gasteiger partial charge in [0.25, 0.3) is 0 Å². The Morgan fingerprint density at radius 2 is 1.95 bits per heavy atom. The number of hydrogen-bond acceptors (Lipinski definition) is 3. The first kappa shape index (κ1) is 16.6. The van der Waals surface area contributed by atoms with E-state index in [0.29, 0.717) is 13.0 Å². The Balaban J connectivity index is 2.02. The van der Waals surface area contributed by atoms with Crippen LogP contribution in [0.3, 0.4) is 0 Å². The smallest absolute Gasteiger partial charge is 0.224 e. The molecule has 0 bridgehead atoms. The molecule has 1 amide bonds. The van der Waals surface area contributed by atoms with Crippen molar-refractivity contribution in [1.29, 1.82) is 0 Å². The molecule has 116 valence electrons. The molecule has 0 atom stereocenters. The van der Waals surface area contributed by atoms with E-state index in [1.54, 1.807) is 12.5 Å². The Morgan fingerprint density at radius 3 is 2.64 bits per heavy atom. The molecular formula is C17H20BrN3O. The number of aromatic nitrogens is 2. The van der Waals surface area contributed by atoms with Crippen molar-refractivity contribution in [2.45, 2.75) is 39.2 Å². The van der Waals surface area contributed by atoms with Gasteiger partial charge in [0.2, 0.25) is 5.91 Å². The van der Waals surface area contributed by atoms with Gasteiger partial charge in [0, 0.05) is 28.2 Å². The summed E-state index contributed by atoms with van der Waals surface area (Å²) in [6.07, 6.45) is 3.67. The number of halogens is 1. The summed E-state index contributed by atoms with van der Waals surface area (Å²) in [6.45, 7) is 6.74. The Kier molecular flexibility index (Phi) is 5.29. The Labute approximate surface area is 139 Å². The molecule has 0 spiro atoms. The van der Waals surface area contributed by atoms with Crippen LogP contribution in [0, 0.1) is 0 Å². The van der Waals surface area contributed by atoms with Crippen LogP contribution in [0.4, 0.5) is 0 Å². The lowest BCUT2D eigenvalue weighted by molar-refractivity contribution is -0.120. The van der Waals surface area contributed by atoms with Crippen molar-refractivity contribution < 1.29 is 4.79 Å². The van der Waals surface area contributed by atoms with Crippen molar-refractivity contribution >= 4 is 21.8 Å². The van der Waals surface area contributed by atoms with E-state index >= 15 is 0 Å². The number of rotatable bonds is 4. The van der Waals surface area contributed by atoms with Crippen molar-refractivity contribution in [3.63, 3.8) is 0 Å². The van der Waals surface area contributed by atoms with Gasteiger partial charge in [-0.25, -0.2) is 9.97 Å². The number of amides is 1. The molecule has 0 unspecified atom stereocenters. The van der Waals surface area contributed by atoms with Crippen LogP contribution in [0.15, 0.2) is 41.3 Å². The molecule has 1 aromatic carbocycles. The molecular weight excluding hydrogens is 342 g/mol. The predicted octanol–water partition coefficient (Wildman–Crippen LogP) is 3.40. The maximum atomic E-state index is 12.1. The van der Waals surface area contributed by atoms with Gasteiger partial charge in [-0.1, -0.05) is 54.9 Å². The van der Waals surface area contributed by atoms with Crippen LogP contribution < -0.4 is 5.32 Å². The quantitative estimate of drug-likeness (QED) is 0.907. The van der Waals surface area contributed by atoms with Gasteiger partial charge >= 0.3 is 0 Å². The second-order valence-corrected chi connectivity index (χ2v) is 7.05. The minimum absolute atomic E-state index is 0.0180.